The highest BCUT2D eigenvalue weighted by molar-refractivity contribution is 7.17. The summed E-state index contributed by atoms with van der Waals surface area (Å²) in [6, 6.07) is -0.318. The second kappa shape index (κ2) is 10.2. The third-order valence-electron chi connectivity index (χ3n) is 4.76. The molecule has 1 aliphatic rings. The van der Waals surface area contributed by atoms with Crippen molar-refractivity contribution in [2.45, 2.75) is 38.3 Å². The number of ether oxygens (including phenoxy) is 1. The molecular formula is C18H23ClFN5O4S. The van der Waals surface area contributed by atoms with Crippen molar-refractivity contribution in [3.63, 3.8) is 0 Å². The Labute approximate surface area is 181 Å². The van der Waals surface area contributed by atoms with Crippen LogP contribution in [0.4, 0.5) is 9.52 Å². The average Bonchev–Trinajstić information content (AvgIpc) is 3.36. The number of hydrogen-bond acceptors (Lipinski definition) is 7. The molecule has 1 amide bonds. The van der Waals surface area contributed by atoms with Gasteiger partial charge in [0.25, 0.3) is 5.91 Å². The molecule has 30 heavy (non-hydrogen) atoms. The number of alkyl halides is 1. The summed E-state index contributed by atoms with van der Waals surface area (Å²) < 4.78 is 18.4. The van der Waals surface area contributed by atoms with Gasteiger partial charge in [-0.3, -0.25) is 9.18 Å². The molecule has 164 valence electrons. The quantitative estimate of drug-likeness (QED) is 0.493. The van der Waals surface area contributed by atoms with Crippen LogP contribution in [0, 0.1) is 0 Å². The van der Waals surface area contributed by atoms with E-state index in [9.17, 15) is 14.0 Å². The van der Waals surface area contributed by atoms with E-state index in [0.717, 1.165) is 11.3 Å². The van der Waals surface area contributed by atoms with Gasteiger partial charge < -0.3 is 25.0 Å². The van der Waals surface area contributed by atoms with Gasteiger partial charge in [0.15, 0.2) is 16.1 Å². The molecular weight excluding hydrogens is 437 g/mol. The fraction of sp³-hybridized carbons (Fsp3) is 0.556. The zero-order valence-electron chi connectivity index (χ0n) is 16.4. The van der Waals surface area contributed by atoms with E-state index in [-0.39, 0.29) is 34.9 Å². The molecule has 0 aromatic carbocycles. The summed E-state index contributed by atoms with van der Waals surface area (Å²) in [5.74, 6) is -1.29. The molecule has 0 bridgehead atoms. The standard InChI is InChI=1S/C18H23ClFN5O4S/c1-2-10-14(19)24-15(22-10)16(26)23-11-4-6-25(9-12(11)29-7-3-5-20)18-21-8-13(30-18)17(27)28/h8,11-12H,2-7,9H2,1H3,(H,22,24)(H,23,26)(H,27,28)/t11-,12+/m1/s1. The van der Waals surface area contributed by atoms with Crippen molar-refractivity contribution in [3.8, 4) is 0 Å². The van der Waals surface area contributed by atoms with Crippen LogP contribution in [0.15, 0.2) is 6.20 Å². The number of aromatic amines is 1. The summed E-state index contributed by atoms with van der Waals surface area (Å²) in [6.07, 6.45) is 2.33. The van der Waals surface area contributed by atoms with Crippen LogP contribution in [0.1, 0.15) is 45.7 Å². The number of aromatic nitrogens is 3. The van der Waals surface area contributed by atoms with Crippen LogP contribution >= 0.6 is 22.9 Å². The molecule has 0 aliphatic carbocycles. The Morgan fingerprint density at radius 1 is 1.53 bits per heavy atom. The Morgan fingerprint density at radius 3 is 2.97 bits per heavy atom. The van der Waals surface area contributed by atoms with Crippen molar-refractivity contribution in [1.82, 2.24) is 20.3 Å². The first-order chi connectivity index (χ1) is 14.4. The average molecular weight is 460 g/mol. The topological polar surface area (TPSA) is 120 Å². The number of rotatable bonds is 9. The number of imidazole rings is 1. The third kappa shape index (κ3) is 5.27. The van der Waals surface area contributed by atoms with E-state index in [1.54, 1.807) is 0 Å². The number of hydrogen-bond donors (Lipinski definition) is 3. The minimum atomic E-state index is -1.03. The summed E-state index contributed by atoms with van der Waals surface area (Å²) in [6.45, 7) is 2.57. The van der Waals surface area contributed by atoms with Crippen LogP contribution in [-0.4, -0.2) is 70.5 Å². The van der Waals surface area contributed by atoms with E-state index in [0.29, 0.717) is 36.8 Å². The molecule has 2 aromatic rings. The van der Waals surface area contributed by atoms with Crippen LogP contribution in [0.25, 0.3) is 0 Å². The highest BCUT2D eigenvalue weighted by Crippen LogP contribution is 2.27. The lowest BCUT2D eigenvalue weighted by Gasteiger charge is -2.38. The number of carboxylic acids is 1. The summed E-state index contributed by atoms with van der Waals surface area (Å²) in [5, 5.41) is 12.9. The molecule has 0 saturated carbocycles. The van der Waals surface area contributed by atoms with Crippen molar-refractivity contribution in [2.24, 2.45) is 0 Å². The first kappa shape index (κ1) is 22.4. The molecule has 1 aliphatic heterocycles. The van der Waals surface area contributed by atoms with Gasteiger partial charge in [-0.2, -0.15) is 0 Å². The van der Waals surface area contributed by atoms with Gasteiger partial charge in [0.1, 0.15) is 4.88 Å². The second-order valence-electron chi connectivity index (χ2n) is 6.79. The number of aromatic carboxylic acids is 1. The molecule has 3 rings (SSSR count). The van der Waals surface area contributed by atoms with E-state index in [2.05, 4.69) is 20.3 Å². The largest absolute Gasteiger partial charge is 0.477 e. The number of nitrogens with zero attached hydrogens (tertiary/aromatic N) is 3. The predicted octanol–water partition coefficient (Wildman–Crippen LogP) is 2.53. The SMILES string of the molecule is CCc1[nH]c(C(=O)N[C@@H]2CCN(c3ncc(C(=O)O)s3)C[C@@H]2OCCCF)nc1Cl. The maximum atomic E-state index is 12.6. The lowest BCUT2D eigenvalue weighted by Crippen LogP contribution is -2.55. The normalized spacial score (nSPS) is 19.1. The van der Waals surface area contributed by atoms with Gasteiger partial charge >= 0.3 is 5.97 Å². The molecule has 0 radical (unpaired) electrons. The van der Waals surface area contributed by atoms with E-state index in [4.69, 9.17) is 21.4 Å². The maximum Gasteiger partial charge on any atom is 0.347 e. The van der Waals surface area contributed by atoms with Crippen LogP contribution in [0.3, 0.4) is 0 Å². The third-order valence-corrected chi connectivity index (χ3v) is 6.12. The minimum absolute atomic E-state index is 0.132. The maximum absolute atomic E-state index is 12.6. The molecule has 1 saturated heterocycles. The molecule has 0 unspecified atom stereocenters. The summed E-state index contributed by atoms with van der Waals surface area (Å²) in [5.41, 5.74) is 0.686. The Kier molecular flexibility index (Phi) is 7.62. The fourth-order valence-corrected chi connectivity index (χ4v) is 4.25. The van der Waals surface area contributed by atoms with Crippen molar-refractivity contribution < 1.29 is 23.8 Å². The zero-order valence-corrected chi connectivity index (χ0v) is 17.9. The van der Waals surface area contributed by atoms with Crippen LogP contribution in [0.5, 0.6) is 0 Å². The monoisotopic (exact) mass is 459 g/mol. The Hall–Kier alpha value is -2.24. The van der Waals surface area contributed by atoms with E-state index >= 15 is 0 Å². The summed E-state index contributed by atoms with van der Waals surface area (Å²) in [7, 11) is 0. The van der Waals surface area contributed by atoms with Gasteiger partial charge in [-0.25, -0.2) is 14.8 Å². The number of thiazole rings is 1. The summed E-state index contributed by atoms with van der Waals surface area (Å²) >= 11 is 7.10. The number of piperidine rings is 1. The van der Waals surface area contributed by atoms with Crippen molar-refractivity contribution >= 4 is 39.9 Å². The number of amides is 1. The molecule has 9 nitrogen and oxygen atoms in total. The number of carboxylic acid groups (broad SMARTS) is 1. The summed E-state index contributed by atoms with van der Waals surface area (Å²) in [4.78, 5) is 37.0. The minimum Gasteiger partial charge on any atom is -0.477 e. The van der Waals surface area contributed by atoms with Gasteiger partial charge in [-0.05, 0) is 19.3 Å². The van der Waals surface area contributed by atoms with Crippen LogP contribution in [-0.2, 0) is 11.2 Å². The lowest BCUT2D eigenvalue weighted by atomic mass is 10.0. The van der Waals surface area contributed by atoms with E-state index in [1.807, 2.05) is 11.8 Å². The molecule has 3 N–H and O–H groups in total. The molecule has 12 heteroatoms. The predicted molar refractivity (Wildman–Crippen MR) is 110 cm³/mol. The van der Waals surface area contributed by atoms with Crippen LogP contribution < -0.4 is 10.2 Å². The van der Waals surface area contributed by atoms with Gasteiger partial charge in [-0.1, -0.05) is 29.9 Å². The van der Waals surface area contributed by atoms with Gasteiger partial charge in [-0.15, -0.1) is 0 Å². The number of anilines is 1. The first-order valence-electron chi connectivity index (χ1n) is 9.59. The van der Waals surface area contributed by atoms with Crippen molar-refractivity contribution in [1.29, 1.82) is 0 Å². The number of carbonyl (C=O) groups is 2. The number of carbonyl (C=O) groups excluding carboxylic acids is 1. The van der Waals surface area contributed by atoms with E-state index < -0.39 is 24.7 Å². The fourth-order valence-electron chi connectivity index (χ4n) is 3.19. The van der Waals surface area contributed by atoms with Crippen LogP contribution in [0.2, 0.25) is 5.15 Å². The molecule has 3 heterocycles. The van der Waals surface area contributed by atoms with Gasteiger partial charge in [0.05, 0.1) is 30.7 Å². The number of aryl methyl sites for hydroxylation is 1. The smallest absolute Gasteiger partial charge is 0.347 e. The van der Waals surface area contributed by atoms with Crippen molar-refractivity contribution in [2.75, 3.05) is 31.3 Å². The number of nitrogens with one attached hydrogen (secondary N) is 2. The Balaban J connectivity index is 1.69. The second-order valence-corrected chi connectivity index (χ2v) is 8.15. The zero-order chi connectivity index (χ0) is 21.7. The van der Waals surface area contributed by atoms with Gasteiger partial charge in [0, 0.05) is 19.7 Å². The highest BCUT2D eigenvalue weighted by Gasteiger charge is 2.33. The Bertz CT molecular complexity index is 892. The molecule has 2 aromatic heterocycles. The number of halogens is 2. The Morgan fingerprint density at radius 2 is 2.33 bits per heavy atom. The number of H-pyrrole nitrogens is 1. The highest BCUT2D eigenvalue weighted by atomic mass is 35.5. The van der Waals surface area contributed by atoms with Crippen molar-refractivity contribution in [3.05, 3.63) is 27.7 Å². The van der Waals surface area contributed by atoms with Gasteiger partial charge in [0.2, 0.25) is 0 Å². The first-order valence-corrected chi connectivity index (χ1v) is 10.8. The lowest BCUT2D eigenvalue weighted by molar-refractivity contribution is 0.0171. The molecule has 2 atom stereocenters. The van der Waals surface area contributed by atoms with E-state index in [1.165, 1.54) is 6.20 Å². The molecule has 1 fully saturated rings. The molecule has 0 spiro atoms.